The zero-order chi connectivity index (χ0) is 26.3. The molecule has 3 amide bonds. The van der Waals surface area contributed by atoms with Crippen LogP contribution in [0.1, 0.15) is 51.9 Å². The van der Waals surface area contributed by atoms with Gasteiger partial charge in [0.1, 0.15) is 17.7 Å². The number of likely N-dealkylation sites (N-methyl/N-ethyl adjacent to an activating group) is 1. The number of carbonyl (C=O) groups excluding carboxylic acids is 3. The van der Waals surface area contributed by atoms with E-state index < -0.39 is 46.5 Å². The highest BCUT2D eigenvalue weighted by molar-refractivity contribution is 6.18. The molecular weight excluding hydrogens is 451 g/mol. The number of benzene rings is 1. The number of aromatic nitrogens is 2. The minimum Gasteiger partial charge on any atom is -0.365 e. The summed E-state index contributed by atoms with van der Waals surface area (Å²) in [5.74, 6) is -1.89. The van der Waals surface area contributed by atoms with Crippen LogP contribution < -0.4 is 21.7 Å². The van der Waals surface area contributed by atoms with Gasteiger partial charge in [-0.1, -0.05) is 41.5 Å². The van der Waals surface area contributed by atoms with Crippen molar-refractivity contribution in [3.63, 3.8) is 0 Å². The third-order valence-electron chi connectivity index (χ3n) is 5.93. The Balaban J connectivity index is 2.08. The third kappa shape index (κ3) is 5.27. The number of fused-ring (bicyclic) bond motifs is 3. The van der Waals surface area contributed by atoms with Crippen LogP contribution in [-0.4, -0.2) is 46.8 Å². The van der Waals surface area contributed by atoms with Crippen molar-refractivity contribution >= 4 is 45.3 Å². The van der Waals surface area contributed by atoms with Gasteiger partial charge in [0.15, 0.2) is 0 Å². The highest BCUT2D eigenvalue weighted by Gasteiger charge is 2.37. The summed E-state index contributed by atoms with van der Waals surface area (Å²) in [6.07, 6.45) is 1.30. The Morgan fingerprint density at radius 2 is 1.63 bits per heavy atom. The summed E-state index contributed by atoms with van der Waals surface area (Å²) in [5, 5.41) is 9.50. The molecule has 3 aromatic rings. The maximum absolute atomic E-state index is 14.1. The van der Waals surface area contributed by atoms with E-state index in [0.29, 0.717) is 21.8 Å². The second-order valence-corrected chi connectivity index (χ2v) is 10.8. The van der Waals surface area contributed by atoms with Gasteiger partial charge in [-0.2, -0.15) is 0 Å². The van der Waals surface area contributed by atoms with Gasteiger partial charge in [0.25, 0.3) is 5.91 Å². The summed E-state index contributed by atoms with van der Waals surface area (Å²) in [7, 11) is 1.66. The molecule has 0 fully saturated rings. The van der Waals surface area contributed by atoms with Gasteiger partial charge < -0.3 is 21.4 Å². The number of aromatic amines is 1. The van der Waals surface area contributed by atoms with Gasteiger partial charge in [-0.3, -0.25) is 19.7 Å². The number of nitrogens with zero attached hydrogens (tertiary/aromatic N) is 1. The maximum atomic E-state index is 14.1. The number of rotatable bonds is 6. The van der Waals surface area contributed by atoms with Gasteiger partial charge in [-0.05, 0) is 36.1 Å². The summed E-state index contributed by atoms with van der Waals surface area (Å²) in [6.45, 7) is 11.2. The molecule has 2 atom stereocenters. The van der Waals surface area contributed by atoms with Crippen molar-refractivity contribution in [1.82, 2.24) is 20.6 Å². The van der Waals surface area contributed by atoms with Crippen LogP contribution in [0, 0.1) is 16.6 Å². The summed E-state index contributed by atoms with van der Waals surface area (Å²) < 4.78 is 14.1. The molecule has 0 unspecified atom stereocenters. The van der Waals surface area contributed by atoms with Gasteiger partial charge in [0, 0.05) is 17.1 Å². The van der Waals surface area contributed by atoms with Crippen molar-refractivity contribution in [1.29, 1.82) is 0 Å². The summed E-state index contributed by atoms with van der Waals surface area (Å²) in [6, 6.07) is 2.69. The number of primary amides is 1. The molecule has 9 nitrogen and oxygen atoms in total. The van der Waals surface area contributed by atoms with E-state index >= 15 is 0 Å². The van der Waals surface area contributed by atoms with E-state index in [0.717, 1.165) is 0 Å². The number of amides is 3. The van der Waals surface area contributed by atoms with Crippen LogP contribution in [0.25, 0.3) is 21.8 Å². The van der Waals surface area contributed by atoms with Gasteiger partial charge in [0.05, 0.1) is 22.5 Å². The van der Waals surface area contributed by atoms with E-state index in [1.54, 1.807) is 13.1 Å². The molecule has 0 aliphatic carbocycles. The molecule has 0 spiro atoms. The van der Waals surface area contributed by atoms with E-state index in [1.165, 1.54) is 18.3 Å². The molecule has 2 aromatic heterocycles. The first-order valence-corrected chi connectivity index (χ1v) is 11.3. The van der Waals surface area contributed by atoms with Crippen molar-refractivity contribution in [3.8, 4) is 0 Å². The topological polar surface area (TPSA) is 142 Å². The molecular formula is C25H33FN6O3. The number of anilines is 1. The zero-order valence-corrected chi connectivity index (χ0v) is 21.1. The SMILES string of the molecule is CN[C@H](C(=O)NC(=O)[C@H](Nc1ncc(C(N)=O)c2[nH]c3ccc(F)cc3c12)C(C)(C)C)C(C)(C)C. The molecule has 0 bridgehead atoms. The lowest BCUT2D eigenvalue weighted by Gasteiger charge is -2.33. The Hall–Kier alpha value is -3.53. The third-order valence-corrected chi connectivity index (χ3v) is 5.93. The molecule has 35 heavy (non-hydrogen) atoms. The number of halogens is 1. The van der Waals surface area contributed by atoms with Gasteiger partial charge in [-0.15, -0.1) is 0 Å². The van der Waals surface area contributed by atoms with E-state index in [2.05, 4.69) is 25.9 Å². The molecule has 188 valence electrons. The molecule has 3 rings (SSSR count). The molecule has 0 aliphatic heterocycles. The highest BCUT2D eigenvalue weighted by Crippen LogP contribution is 2.34. The van der Waals surface area contributed by atoms with Crippen LogP contribution in [0.3, 0.4) is 0 Å². The van der Waals surface area contributed by atoms with Crippen molar-refractivity contribution in [2.45, 2.75) is 53.6 Å². The number of hydrogen-bond donors (Lipinski definition) is 5. The van der Waals surface area contributed by atoms with Gasteiger partial charge >= 0.3 is 0 Å². The Labute approximate surface area is 203 Å². The molecule has 6 N–H and O–H groups in total. The van der Waals surface area contributed by atoms with Gasteiger partial charge in [0.2, 0.25) is 11.8 Å². The average molecular weight is 485 g/mol. The van der Waals surface area contributed by atoms with Crippen LogP contribution in [0.4, 0.5) is 10.2 Å². The number of pyridine rings is 1. The van der Waals surface area contributed by atoms with Crippen molar-refractivity contribution in [3.05, 3.63) is 35.8 Å². The number of nitrogens with one attached hydrogen (secondary N) is 4. The molecule has 0 aliphatic rings. The van der Waals surface area contributed by atoms with E-state index in [1.807, 2.05) is 41.5 Å². The molecule has 0 saturated carbocycles. The lowest BCUT2D eigenvalue weighted by atomic mass is 9.84. The second-order valence-electron chi connectivity index (χ2n) is 10.8. The van der Waals surface area contributed by atoms with Crippen LogP contribution in [0.2, 0.25) is 0 Å². The fraction of sp³-hybridized carbons (Fsp3) is 0.440. The fourth-order valence-electron chi connectivity index (χ4n) is 4.20. The largest absolute Gasteiger partial charge is 0.365 e. The minimum atomic E-state index is -0.891. The smallest absolute Gasteiger partial charge is 0.252 e. The molecule has 0 radical (unpaired) electrons. The minimum absolute atomic E-state index is 0.135. The normalized spacial score (nSPS) is 14.1. The predicted octanol–water partition coefficient (Wildman–Crippen LogP) is 3.06. The first-order chi connectivity index (χ1) is 16.1. The number of nitrogens with two attached hydrogens (primary N) is 1. The first-order valence-electron chi connectivity index (χ1n) is 11.3. The van der Waals surface area contributed by atoms with Crippen LogP contribution in [-0.2, 0) is 9.59 Å². The molecule has 1 aromatic carbocycles. The molecule has 10 heteroatoms. The Bertz CT molecular complexity index is 1300. The van der Waals surface area contributed by atoms with Crippen molar-refractivity contribution in [2.75, 3.05) is 12.4 Å². The van der Waals surface area contributed by atoms with Crippen molar-refractivity contribution in [2.24, 2.45) is 16.6 Å². The maximum Gasteiger partial charge on any atom is 0.252 e. The first kappa shape index (κ1) is 26.1. The quantitative estimate of drug-likeness (QED) is 0.364. The van der Waals surface area contributed by atoms with Crippen molar-refractivity contribution < 1.29 is 18.8 Å². The van der Waals surface area contributed by atoms with Crippen LogP contribution >= 0.6 is 0 Å². The lowest BCUT2D eigenvalue weighted by molar-refractivity contribution is -0.134. The van der Waals surface area contributed by atoms with E-state index in [9.17, 15) is 18.8 Å². The number of carbonyl (C=O) groups is 3. The monoisotopic (exact) mass is 484 g/mol. The summed E-state index contributed by atoms with van der Waals surface area (Å²) >= 11 is 0. The molecule has 2 heterocycles. The molecule has 0 saturated heterocycles. The Kier molecular flexibility index (Phi) is 6.90. The Morgan fingerprint density at radius 1 is 1.03 bits per heavy atom. The highest BCUT2D eigenvalue weighted by atomic mass is 19.1. The lowest BCUT2D eigenvalue weighted by Crippen LogP contribution is -2.56. The summed E-state index contributed by atoms with van der Waals surface area (Å²) in [4.78, 5) is 45.7. The van der Waals surface area contributed by atoms with Crippen LogP contribution in [0.15, 0.2) is 24.4 Å². The Morgan fingerprint density at radius 3 is 2.17 bits per heavy atom. The van der Waals surface area contributed by atoms with Crippen LogP contribution in [0.5, 0.6) is 0 Å². The number of hydrogen-bond acceptors (Lipinski definition) is 6. The second kappa shape index (κ2) is 9.26. The summed E-state index contributed by atoms with van der Waals surface area (Å²) in [5.41, 5.74) is 5.56. The average Bonchev–Trinajstić information content (AvgIpc) is 3.08. The van der Waals surface area contributed by atoms with E-state index in [-0.39, 0.29) is 11.4 Å². The standard InChI is InChI=1S/C25H33FN6O3/c1-24(2,3)18(28-7)22(34)32-23(35)19(25(4,5)6)31-21-16-13-10-12(26)8-9-15(13)30-17(16)14(11-29-21)20(27)33/h8-11,18-19,28,30H,1-7H3,(H2,27,33)(H,29,31)(H,32,34,35)/t18-,19+/m1/s1. The predicted molar refractivity (Wildman–Crippen MR) is 134 cm³/mol. The zero-order valence-electron chi connectivity index (χ0n) is 21.1. The number of imide groups is 1. The fourth-order valence-corrected chi connectivity index (χ4v) is 4.20. The number of H-pyrrole nitrogens is 1. The van der Waals surface area contributed by atoms with Gasteiger partial charge in [-0.25, -0.2) is 9.37 Å². The van der Waals surface area contributed by atoms with E-state index in [4.69, 9.17) is 5.73 Å².